The number of halogens is 1. The predicted octanol–water partition coefficient (Wildman–Crippen LogP) is 2.09. The first-order chi connectivity index (χ1) is 9.37. The lowest BCUT2D eigenvalue weighted by Gasteiger charge is -2.27. The van der Waals surface area contributed by atoms with Gasteiger partial charge in [-0.25, -0.2) is 12.8 Å². The van der Waals surface area contributed by atoms with Gasteiger partial charge in [0, 0.05) is 19.1 Å². The standard InChI is InChI=1S/C14H21FN2O2S/c1-10(2)13-4-3-7-17(13)20(18,19)14-8-11(9-16)5-6-12(14)15/h5-6,8,10,13H,3-4,7,9,16H2,1-2H3. The molecule has 1 unspecified atom stereocenters. The van der Waals surface area contributed by atoms with Crippen LogP contribution in [0.25, 0.3) is 0 Å². The number of sulfonamides is 1. The molecule has 0 aliphatic carbocycles. The first-order valence-electron chi connectivity index (χ1n) is 6.88. The van der Waals surface area contributed by atoms with E-state index in [1.165, 1.54) is 22.5 Å². The highest BCUT2D eigenvalue weighted by Crippen LogP contribution is 2.31. The van der Waals surface area contributed by atoms with Crippen LogP contribution < -0.4 is 5.73 Å². The molecule has 0 radical (unpaired) electrons. The van der Waals surface area contributed by atoms with Gasteiger partial charge >= 0.3 is 0 Å². The van der Waals surface area contributed by atoms with Crippen LogP contribution in [0.4, 0.5) is 4.39 Å². The Hall–Kier alpha value is -0.980. The van der Waals surface area contributed by atoms with E-state index in [1.807, 2.05) is 13.8 Å². The first-order valence-corrected chi connectivity index (χ1v) is 8.32. The van der Waals surface area contributed by atoms with E-state index in [4.69, 9.17) is 5.73 Å². The highest BCUT2D eigenvalue weighted by molar-refractivity contribution is 7.89. The van der Waals surface area contributed by atoms with Crippen LogP contribution in [-0.4, -0.2) is 25.3 Å². The Balaban J connectivity index is 2.44. The number of hydrogen-bond acceptors (Lipinski definition) is 3. The van der Waals surface area contributed by atoms with Gasteiger partial charge in [-0.15, -0.1) is 0 Å². The van der Waals surface area contributed by atoms with E-state index >= 15 is 0 Å². The zero-order chi connectivity index (χ0) is 14.9. The van der Waals surface area contributed by atoms with Crippen LogP contribution in [0.1, 0.15) is 32.3 Å². The molecule has 1 saturated heterocycles. The fraction of sp³-hybridized carbons (Fsp3) is 0.571. The third-order valence-corrected chi connectivity index (χ3v) is 5.78. The highest BCUT2D eigenvalue weighted by Gasteiger charge is 2.38. The van der Waals surface area contributed by atoms with Crippen molar-refractivity contribution in [2.24, 2.45) is 11.7 Å². The molecule has 4 nitrogen and oxygen atoms in total. The molecule has 1 heterocycles. The topological polar surface area (TPSA) is 63.4 Å². The monoisotopic (exact) mass is 300 g/mol. The molecular weight excluding hydrogens is 279 g/mol. The summed E-state index contributed by atoms with van der Waals surface area (Å²) in [5.41, 5.74) is 6.13. The molecule has 0 spiro atoms. The van der Waals surface area contributed by atoms with Gasteiger partial charge in [-0.1, -0.05) is 19.9 Å². The van der Waals surface area contributed by atoms with E-state index in [-0.39, 0.29) is 23.4 Å². The van der Waals surface area contributed by atoms with Crippen molar-refractivity contribution in [2.45, 2.75) is 44.2 Å². The molecule has 1 aromatic carbocycles. The molecule has 2 rings (SSSR count). The molecule has 1 fully saturated rings. The molecule has 1 aliphatic rings. The molecule has 2 N–H and O–H groups in total. The number of rotatable bonds is 4. The first kappa shape index (κ1) is 15.4. The maximum atomic E-state index is 13.9. The van der Waals surface area contributed by atoms with E-state index in [0.717, 1.165) is 12.8 Å². The lowest BCUT2D eigenvalue weighted by molar-refractivity contribution is 0.314. The molecular formula is C14H21FN2O2S. The average Bonchev–Trinajstić information content (AvgIpc) is 2.89. The van der Waals surface area contributed by atoms with Crippen molar-refractivity contribution in [1.29, 1.82) is 0 Å². The molecule has 112 valence electrons. The summed E-state index contributed by atoms with van der Waals surface area (Å²) in [4.78, 5) is -0.256. The van der Waals surface area contributed by atoms with Crippen LogP contribution in [0.5, 0.6) is 0 Å². The SMILES string of the molecule is CC(C)C1CCCN1S(=O)(=O)c1cc(CN)ccc1F. The van der Waals surface area contributed by atoms with Crippen LogP contribution in [-0.2, 0) is 16.6 Å². The predicted molar refractivity (Wildman–Crippen MR) is 76.0 cm³/mol. The van der Waals surface area contributed by atoms with Gasteiger partial charge in [-0.05, 0) is 36.5 Å². The van der Waals surface area contributed by atoms with Crippen LogP contribution in [0.15, 0.2) is 23.1 Å². The van der Waals surface area contributed by atoms with Gasteiger partial charge in [0.15, 0.2) is 0 Å². The Morgan fingerprint density at radius 2 is 2.15 bits per heavy atom. The maximum absolute atomic E-state index is 13.9. The maximum Gasteiger partial charge on any atom is 0.246 e. The molecule has 1 aromatic rings. The fourth-order valence-corrected chi connectivity index (χ4v) is 4.67. The van der Waals surface area contributed by atoms with Crippen LogP contribution in [0.2, 0.25) is 0 Å². The summed E-state index contributed by atoms with van der Waals surface area (Å²) in [6.45, 7) is 4.63. The fourth-order valence-electron chi connectivity index (χ4n) is 2.73. The minimum atomic E-state index is -3.79. The van der Waals surface area contributed by atoms with Gasteiger partial charge in [0.1, 0.15) is 10.7 Å². The van der Waals surface area contributed by atoms with Crippen molar-refractivity contribution in [3.05, 3.63) is 29.6 Å². The van der Waals surface area contributed by atoms with Crippen LogP contribution >= 0.6 is 0 Å². The van der Waals surface area contributed by atoms with Gasteiger partial charge in [0.2, 0.25) is 10.0 Å². The zero-order valence-electron chi connectivity index (χ0n) is 11.8. The van der Waals surface area contributed by atoms with Crippen molar-refractivity contribution in [3.8, 4) is 0 Å². The Morgan fingerprint density at radius 1 is 1.45 bits per heavy atom. The van der Waals surface area contributed by atoms with E-state index < -0.39 is 15.8 Å². The Kier molecular flexibility index (Phi) is 4.46. The van der Waals surface area contributed by atoms with Gasteiger partial charge in [-0.3, -0.25) is 0 Å². The lowest BCUT2D eigenvalue weighted by Crippen LogP contribution is -2.38. The van der Waals surface area contributed by atoms with E-state index in [9.17, 15) is 12.8 Å². The number of hydrogen-bond donors (Lipinski definition) is 1. The summed E-state index contributed by atoms with van der Waals surface area (Å²) in [5, 5.41) is 0. The summed E-state index contributed by atoms with van der Waals surface area (Å²) in [6.07, 6.45) is 1.65. The molecule has 0 amide bonds. The van der Waals surface area contributed by atoms with Gasteiger partial charge in [0.05, 0.1) is 0 Å². The van der Waals surface area contributed by atoms with Crippen molar-refractivity contribution in [3.63, 3.8) is 0 Å². The highest BCUT2D eigenvalue weighted by atomic mass is 32.2. The summed E-state index contributed by atoms with van der Waals surface area (Å²) in [7, 11) is -3.79. The van der Waals surface area contributed by atoms with Crippen molar-refractivity contribution < 1.29 is 12.8 Å². The second-order valence-electron chi connectivity index (χ2n) is 5.54. The van der Waals surface area contributed by atoms with Gasteiger partial charge in [0.25, 0.3) is 0 Å². The normalized spacial score (nSPS) is 20.8. The van der Waals surface area contributed by atoms with Crippen molar-refractivity contribution in [2.75, 3.05) is 6.54 Å². The molecule has 20 heavy (non-hydrogen) atoms. The van der Waals surface area contributed by atoms with Crippen LogP contribution in [0, 0.1) is 11.7 Å². The molecule has 1 aliphatic heterocycles. The summed E-state index contributed by atoms with van der Waals surface area (Å²) < 4.78 is 40.7. The summed E-state index contributed by atoms with van der Waals surface area (Å²) in [5.74, 6) is -0.496. The average molecular weight is 300 g/mol. The minimum absolute atomic E-state index is 0.0547. The molecule has 6 heteroatoms. The van der Waals surface area contributed by atoms with Gasteiger partial charge in [-0.2, -0.15) is 4.31 Å². The second-order valence-corrected chi connectivity index (χ2v) is 7.40. The Morgan fingerprint density at radius 3 is 2.75 bits per heavy atom. The summed E-state index contributed by atoms with van der Waals surface area (Å²) >= 11 is 0. The quantitative estimate of drug-likeness (QED) is 0.926. The summed E-state index contributed by atoms with van der Waals surface area (Å²) in [6, 6.07) is 3.98. The molecule has 0 bridgehead atoms. The zero-order valence-corrected chi connectivity index (χ0v) is 12.7. The molecule has 0 saturated carbocycles. The Bertz CT molecular complexity index is 587. The van der Waals surface area contributed by atoms with E-state index in [1.54, 1.807) is 0 Å². The Labute approximate surface area is 119 Å². The number of benzene rings is 1. The van der Waals surface area contributed by atoms with E-state index in [2.05, 4.69) is 0 Å². The smallest absolute Gasteiger partial charge is 0.246 e. The minimum Gasteiger partial charge on any atom is -0.326 e. The van der Waals surface area contributed by atoms with Gasteiger partial charge < -0.3 is 5.73 Å². The van der Waals surface area contributed by atoms with Crippen LogP contribution in [0.3, 0.4) is 0 Å². The third kappa shape index (κ3) is 2.73. The largest absolute Gasteiger partial charge is 0.326 e. The molecule has 1 atom stereocenters. The third-order valence-electron chi connectivity index (χ3n) is 3.84. The van der Waals surface area contributed by atoms with Crippen molar-refractivity contribution in [1.82, 2.24) is 4.31 Å². The number of nitrogens with zero attached hydrogens (tertiary/aromatic N) is 1. The lowest BCUT2D eigenvalue weighted by atomic mass is 10.0. The van der Waals surface area contributed by atoms with E-state index in [0.29, 0.717) is 12.1 Å². The van der Waals surface area contributed by atoms with Crippen molar-refractivity contribution >= 4 is 10.0 Å². The number of nitrogens with two attached hydrogens (primary N) is 1. The second kappa shape index (κ2) is 5.79. The molecule has 0 aromatic heterocycles.